The Bertz CT molecular complexity index is 867. The highest BCUT2D eigenvalue weighted by Crippen LogP contribution is 2.39. The van der Waals surface area contributed by atoms with E-state index < -0.39 is 9.84 Å². The van der Waals surface area contributed by atoms with Gasteiger partial charge in [-0.25, -0.2) is 8.42 Å². The Morgan fingerprint density at radius 2 is 1.96 bits per heavy atom. The molecule has 0 aliphatic carbocycles. The molecule has 148 valence electrons. The van der Waals surface area contributed by atoms with Gasteiger partial charge >= 0.3 is 0 Å². The first kappa shape index (κ1) is 20.0. The zero-order valence-corrected chi connectivity index (χ0v) is 17.5. The lowest BCUT2D eigenvalue weighted by Crippen LogP contribution is -2.37. The fraction of sp³-hybridized carbons (Fsp3) is 0.556. The Hall–Kier alpha value is -1.74. The number of fused-ring (bicyclic) bond motifs is 1. The summed E-state index contributed by atoms with van der Waals surface area (Å²) in [5.41, 5.74) is 0.933. The molecule has 1 aromatic carbocycles. The first-order valence-corrected chi connectivity index (χ1v) is 11.4. The van der Waals surface area contributed by atoms with E-state index in [0.717, 1.165) is 5.56 Å². The number of ether oxygens (including phenoxy) is 2. The maximum atomic E-state index is 12.1. The van der Waals surface area contributed by atoms with Crippen LogP contribution in [0.2, 0.25) is 0 Å². The molecule has 2 fully saturated rings. The summed E-state index contributed by atoms with van der Waals surface area (Å²) >= 11 is 1.39. The number of carbonyl (C=O) groups is 1. The molecule has 0 aromatic heterocycles. The van der Waals surface area contributed by atoms with Gasteiger partial charge in [-0.05, 0) is 17.7 Å². The highest BCUT2D eigenvalue weighted by molar-refractivity contribution is 8.15. The van der Waals surface area contributed by atoms with Crippen LogP contribution >= 0.6 is 11.8 Å². The maximum absolute atomic E-state index is 12.1. The summed E-state index contributed by atoms with van der Waals surface area (Å²) in [7, 11) is 0.0753. The molecular formula is C18H24N2O5S2. The summed E-state index contributed by atoms with van der Waals surface area (Å²) in [6.07, 6.45) is 0. The van der Waals surface area contributed by atoms with Crippen LogP contribution in [0.25, 0.3) is 0 Å². The molecule has 1 amide bonds. The molecule has 1 aromatic rings. The van der Waals surface area contributed by atoms with Gasteiger partial charge in [0.05, 0.1) is 31.8 Å². The molecule has 0 N–H and O–H groups in total. The minimum atomic E-state index is -3.07. The molecule has 2 aliphatic rings. The van der Waals surface area contributed by atoms with Crippen molar-refractivity contribution in [2.45, 2.75) is 31.7 Å². The summed E-state index contributed by atoms with van der Waals surface area (Å²) in [6, 6.07) is 5.41. The number of nitrogens with zero attached hydrogens (tertiary/aromatic N) is 2. The first-order valence-electron chi connectivity index (χ1n) is 8.71. The van der Waals surface area contributed by atoms with Gasteiger partial charge in [0.2, 0.25) is 0 Å². The van der Waals surface area contributed by atoms with E-state index in [1.165, 1.54) is 11.8 Å². The molecular weight excluding hydrogens is 388 g/mol. The topological polar surface area (TPSA) is 85.3 Å². The van der Waals surface area contributed by atoms with Gasteiger partial charge < -0.3 is 14.4 Å². The smallest absolute Gasteiger partial charge is 0.250 e. The standard InChI is InChI=1S/C18H24N2O5S2/c1-11(2)17(21)19-18-20(13-9-27(22,23)10-16(13)26-18)8-12-5-6-14(24-3)15(7-12)25-4/h5-7,11,13,16H,8-10H2,1-4H3/t13-,16+/m1/s1. The second-order valence-electron chi connectivity index (χ2n) is 7.01. The Morgan fingerprint density at radius 1 is 1.26 bits per heavy atom. The maximum Gasteiger partial charge on any atom is 0.250 e. The van der Waals surface area contributed by atoms with Gasteiger partial charge in [0.15, 0.2) is 26.5 Å². The lowest BCUT2D eigenvalue weighted by molar-refractivity contribution is -0.120. The van der Waals surface area contributed by atoms with Gasteiger partial charge in [0.25, 0.3) is 5.91 Å². The zero-order valence-electron chi connectivity index (χ0n) is 15.8. The number of methoxy groups -OCH3 is 2. The molecule has 2 heterocycles. The second-order valence-corrected chi connectivity index (χ2v) is 10.4. The lowest BCUT2D eigenvalue weighted by atomic mass is 10.1. The molecule has 2 aliphatic heterocycles. The van der Waals surface area contributed by atoms with Crippen molar-refractivity contribution in [3.63, 3.8) is 0 Å². The average molecular weight is 413 g/mol. The quantitative estimate of drug-likeness (QED) is 0.731. The highest BCUT2D eigenvalue weighted by Gasteiger charge is 2.48. The summed E-state index contributed by atoms with van der Waals surface area (Å²) in [4.78, 5) is 18.4. The minimum absolute atomic E-state index is 0.0890. The Labute approximate surface area is 164 Å². The molecule has 0 saturated carbocycles. The normalized spacial score (nSPS) is 25.1. The Balaban J connectivity index is 1.91. The number of amides is 1. The lowest BCUT2D eigenvalue weighted by Gasteiger charge is -2.25. The number of rotatable bonds is 5. The van der Waals surface area contributed by atoms with Crippen molar-refractivity contribution in [2.24, 2.45) is 10.9 Å². The van der Waals surface area contributed by atoms with E-state index in [1.807, 2.05) is 23.1 Å². The third-order valence-electron chi connectivity index (χ3n) is 4.68. The number of aliphatic imine (C=N–C) groups is 1. The molecule has 3 rings (SSSR count). The average Bonchev–Trinajstić information content (AvgIpc) is 3.07. The van der Waals surface area contributed by atoms with Crippen LogP contribution in [0.1, 0.15) is 19.4 Å². The van der Waals surface area contributed by atoms with Gasteiger partial charge in [0, 0.05) is 17.7 Å². The number of sulfone groups is 1. The summed E-state index contributed by atoms with van der Waals surface area (Å²) in [5.74, 6) is 1.05. The van der Waals surface area contributed by atoms with Crippen LogP contribution in [-0.4, -0.2) is 61.4 Å². The van der Waals surface area contributed by atoms with Crippen LogP contribution in [0.3, 0.4) is 0 Å². The number of thioether (sulfide) groups is 1. The van der Waals surface area contributed by atoms with E-state index >= 15 is 0 Å². The highest BCUT2D eigenvalue weighted by atomic mass is 32.2. The van der Waals surface area contributed by atoms with Gasteiger partial charge in [-0.3, -0.25) is 4.79 Å². The molecule has 2 saturated heterocycles. The van der Waals surface area contributed by atoms with Crippen LogP contribution in [0.4, 0.5) is 0 Å². The van der Waals surface area contributed by atoms with E-state index in [9.17, 15) is 13.2 Å². The van der Waals surface area contributed by atoms with E-state index in [4.69, 9.17) is 9.47 Å². The largest absolute Gasteiger partial charge is 0.493 e. The van der Waals surface area contributed by atoms with Gasteiger partial charge in [-0.1, -0.05) is 31.7 Å². The van der Waals surface area contributed by atoms with Crippen LogP contribution in [0.5, 0.6) is 11.5 Å². The molecule has 0 spiro atoms. The molecule has 27 heavy (non-hydrogen) atoms. The van der Waals surface area contributed by atoms with Gasteiger partial charge in [-0.15, -0.1) is 0 Å². The molecule has 2 atom stereocenters. The van der Waals surface area contributed by atoms with Gasteiger partial charge in [-0.2, -0.15) is 4.99 Å². The summed E-state index contributed by atoms with van der Waals surface area (Å²) < 4.78 is 34.8. The summed E-state index contributed by atoms with van der Waals surface area (Å²) in [6.45, 7) is 4.06. The van der Waals surface area contributed by atoms with Crippen molar-refractivity contribution in [1.82, 2.24) is 4.90 Å². The predicted molar refractivity (Wildman–Crippen MR) is 106 cm³/mol. The van der Waals surface area contributed by atoms with Gasteiger partial charge in [0.1, 0.15) is 0 Å². The van der Waals surface area contributed by atoms with Crippen molar-refractivity contribution in [2.75, 3.05) is 25.7 Å². The molecule has 7 nitrogen and oxygen atoms in total. The fourth-order valence-corrected chi connectivity index (χ4v) is 7.18. The second kappa shape index (κ2) is 7.71. The van der Waals surface area contributed by atoms with E-state index in [2.05, 4.69) is 4.99 Å². The molecule has 0 radical (unpaired) electrons. The van der Waals surface area contributed by atoms with E-state index in [-0.39, 0.29) is 34.6 Å². The van der Waals surface area contributed by atoms with Crippen LogP contribution in [0.15, 0.2) is 23.2 Å². The van der Waals surface area contributed by atoms with Crippen molar-refractivity contribution < 1.29 is 22.7 Å². The third kappa shape index (κ3) is 4.24. The van der Waals surface area contributed by atoms with Crippen molar-refractivity contribution in [1.29, 1.82) is 0 Å². The predicted octanol–water partition coefficient (Wildman–Crippen LogP) is 1.96. The van der Waals surface area contributed by atoms with E-state index in [0.29, 0.717) is 23.2 Å². The fourth-order valence-electron chi connectivity index (χ4n) is 3.22. The molecule has 0 bridgehead atoms. The third-order valence-corrected chi connectivity index (χ3v) is 7.92. The number of carbonyl (C=O) groups excluding carboxylic acids is 1. The monoisotopic (exact) mass is 412 g/mol. The number of hydrogen-bond acceptors (Lipinski definition) is 6. The van der Waals surface area contributed by atoms with E-state index in [1.54, 1.807) is 28.1 Å². The van der Waals surface area contributed by atoms with Crippen LogP contribution in [0, 0.1) is 5.92 Å². The summed E-state index contributed by atoms with van der Waals surface area (Å²) in [5, 5.41) is 0.516. The SMILES string of the molecule is COc1ccc(CN2C(=NC(=O)C(C)C)S[C@H]3CS(=O)(=O)C[C@H]32)cc1OC. The number of hydrogen-bond donors (Lipinski definition) is 0. The van der Waals surface area contributed by atoms with Crippen molar-refractivity contribution in [3.8, 4) is 11.5 Å². The Morgan fingerprint density at radius 3 is 2.59 bits per heavy atom. The van der Waals surface area contributed by atoms with Crippen molar-refractivity contribution in [3.05, 3.63) is 23.8 Å². The molecule has 9 heteroatoms. The number of benzene rings is 1. The molecule has 0 unspecified atom stereocenters. The minimum Gasteiger partial charge on any atom is -0.493 e. The zero-order chi connectivity index (χ0) is 19.8. The first-order chi connectivity index (χ1) is 12.7. The Kier molecular flexibility index (Phi) is 5.71. The van der Waals surface area contributed by atoms with Crippen molar-refractivity contribution >= 4 is 32.7 Å². The number of amidine groups is 1. The van der Waals surface area contributed by atoms with Crippen LogP contribution in [-0.2, 0) is 21.2 Å². The van der Waals surface area contributed by atoms with Crippen LogP contribution < -0.4 is 9.47 Å².